The third kappa shape index (κ3) is 2.37. The summed E-state index contributed by atoms with van der Waals surface area (Å²) in [5.41, 5.74) is 7.67. The Kier molecular flexibility index (Phi) is 3.27. The minimum absolute atomic E-state index is 0.406. The molecule has 3 nitrogen and oxygen atoms in total. The standard InChI is InChI=1S/C15H19ClN2O/c1-2-10-5-7-15(17,8-6-10)14-18-12-4-3-11(16)9-13(12)19-14/h3-4,9-10H,2,5-8,17H2,1H3. The van der Waals surface area contributed by atoms with Crippen LogP contribution in [0.2, 0.25) is 5.02 Å². The molecule has 0 radical (unpaired) electrons. The van der Waals surface area contributed by atoms with Crippen molar-refractivity contribution in [2.75, 3.05) is 0 Å². The lowest BCUT2D eigenvalue weighted by atomic mass is 9.76. The van der Waals surface area contributed by atoms with Gasteiger partial charge in [0.15, 0.2) is 5.58 Å². The van der Waals surface area contributed by atoms with Crippen molar-refractivity contribution in [3.8, 4) is 0 Å². The van der Waals surface area contributed by atoms with Crippen molar-refractivity contribution in [1.29, 1.82) is 0 Å². The maximum Gasteiger partial charge on any atom is 0.215 e. The number of fused-ring (bicyclic) bond motifs is 1. The molecule has 1 aromatic heterocycles. The van der Waals surface area contributed by atoms with Crippen molar-refractivity contribution in [3.63, 3.8) is 0 Å². The van der Waals surface area contributed by atoms with Gasteiger partial charge in [0.2, 0.25) is 5.89 Å². The predicted octanol–water partition coefficient (Wildman–Crippen LogP) is 4.24. The lowest BCUT2D eigenvalue weighted by molar-refractivity contribution is 0.198. The van der Waals surface area contributed by atoms with Gasteiger partial charge in [-0.05, 0) is 43.7 Å². The Morgan fingerprint density at radius 1 is 1.42 bits per heavy atom. The van der Waals surface area contributed by atoms with Crippen LogP contribution in [0, 0.1) is 5.92 Å². The highest BCUT2D eigenvalue weighted by Gasteiger charge is 2.37. The summed E-state index contributed by atoms with van der Waals surface area (Å²) >= 11 is 5.97. The molecule has 0 aliphatic heterocycles. The van der Waals surface area contributed by atoms with E-state index in [1.54, 1.807) is 6.07 Å². The summed E-state index contributed by atoms with van der Waals surface area (Å²) < 4.78 is 5.84. The third-order valence-corrected chi connectivity index (χ3v) is 4.59. The molecule has 0 unspecified atom stereocenters. The molecule has 2 aromatic rings. The highest BCUT2D eigenvalue weighted by Crippen LogP contribution is 2.39. The molecule has 1 fully saturated rings. The smallest absolute Gasteiger partial charge is 0.215 e. The number of hydrogen-bond acceptors (Lipinski definition) is 3. The van der Waals surface area contributed by atoms with Crippen LogP contribution in [0.5, 0.6) is 0 Å². The molecule has 4 heteroatoms. The van der Waals surface area contributed by atoms with Crippen LogP contribution in [-0.4, -0.2) is 4.98 Å². The number of oxazole rings is 1. The van der Waals surface area contributed by atoms with Gasteiger partial charge in [0.05, 0.1) is 5.54 Å². The quantitative estimate of drug-likeness (QED) is 0.894. The SMILES string of the molecule is CCC1CCC(N)(c2nc3ccc(Cl)cc3o2)CC1. The lowest BCUT2D eigenvalue weighted by Crippen LogP contribution is -2.40. The van der Waals surface area contributed by atoms with E-state index in [9.17, 15) is 0 Å². The lowest BCUT2D eigenvalue weighted by Gasteiger charge is -2.34. The molecule has 3 rings (SSSR count). The van der Waals surface area contributed by atoms with Crippen molar-refractivity contribution >= 4 is 22.7 Å². The third-order valence-electron chi connectivity index (χ3n) is 4.35. The largest absolute Gasteiger partial charge is 0.439 e. The summed E-state index contributed by atoms with van der Waals surface area (Å²) in [7, 11) is 0. The number of aromatic nitrogens is 1. The summed E-state index contributed by atoms with van der Waals surface area (Å²) in [5, 5.41) is 0.663. The Balaban J connectivity index is 1.91. The first-order chi connectivity index (χ1) is 9.10. The van der Waals surface area contributed by atoms with Gasteiger partial charge in [0.1, 0.15) is 5.52 Å². The van der Waals surface area contributed by atoms with E-state index >= 15 is 0 Å². The van der Waals surface area contributed by atoms with Gasteiger partial charge in [-0.1, -0.05) is 24.9 Å². The first kappa shape index (κ1) is 12.9. The predicted molar refractivity (Wildman–Crippen MR) is 77.1 cm³/mol. The van der Waals surface area contributed by atoms with Crippen LogP contribution in [0.3, 0.4) is 0 Å². The fourth-order valence-corrected chi connectivity index (χ4v) is 3.09. The van der Waals surface area contributed by atoms with E-state index in [1.165, 1.54) is 6.42 Å². The summed E-state index contributed by atoms with van der Waals surface area (Å²) in [6, 6.07) is 5.51. The molecule has 1 aliphatic rings. The number of benzene rings is 1. The minimum Gasteiger partial charge on any atom is -0.439 e. The topological polar surface area (TPSA) is 52.0 Å². The summed E-state index contributed by atoms with van der Waals surface area (Å²) in [4.78, 5) is 4.55. The molecule has 0 amide bonds. The van der Waals surface area contributed by atoms with Crippen LogP contribution >= 0.6 is 11.6 Å². The molecule has 1 heterocycles. The Hall–Kier alpha value is -1.06. The molecule has 0 saturated heterocycles. The zero-order valence-corrected chi connectivity index (χ0v) is 11.9. The second-order valence-electron chi connectivity index (χ2n) is 5.64. The van der Waals surface area contributed by atoms with Gasteiger partial charge >= 0.3 is 0 Å². The van der Waals surface area contributed by atoms with E-state index in [2.05, 4.69) is 11.9 Å². The summed E-state index contributed by atoms with van der Waals surface area (Å²) in [6.07, 6.45) is 5.45. The fraction of sp³-hybridized carbons (Fsp3) is 0.533. The average Bonchev–Trinajstić information content (AvgIpc) is 2.83. The Morgan fingerprint density at radius 2 is 2.16 bits per heavy atom. The van der Waals surface area contributed by atoms with E-state index in [4.69, 9.17) is 21.8 Å². The first-order valence-electron chi connectivity index (χ1n) is 6.96. The summed E-state index contributed by atoms with van der Waals surface area (Å²) in [6.45, 7) is 2.25. The van der Waals surface area contributed by atoms with Gasteiger partial charge < -0.3 is 10.2 Å². The molecule has 2 N–H and O–H groups in total. The van der Waals surface area contributed by atoms with Crippen molar-refractivity contribution in [3.05, 3.63) is 29.1 Å². The molecular formula is C15H19ClN2O. The number of rotatable bonds is 2. The Morgan fingerprint density at radius 3 is 2.84 bits per heavy atom. The fourth-order valence-electron chi connectivity index (χ4n) is 2.93. The van der Waals surface area contributed by atoms with Crippen LogP contribution in [0.15, 0.2) is 22.6 Å². The average molecular weight is 279 g/mol. The molecule has 1 aliphatic carbocycles. The van der Waals surface area contributed by atoms with Crippen LogP contribution in [-0.2, 0) is 5.54 Å². The summed E-state index contributed by atoms with van der Waals surface area (Å²) in [5.74, 6) is 1.47. The van der Waals surface area contributed by atoms with Gasteiger partial charge in [-0.2, -0.15) is 0 Å². The van der Waals surface area contributed by atoms with Crippen LogP contribution in [0.25, 0.3) is 11.1 Å². The van der Waals surface area contributed by atoms with E-state index in [1.807, 2.05) is 12.1 Å². The maximum absolute atomic E-state index is 6.51. The molecule has 0 atom stereocenters. The first-order valence-corrected chi connectivity index (χ1v) is 7.34. The zero-order chi connectivity index (χ0) is 13.5. The van der Waals surface area contributed by atoms with E-state index in [0.29, 0.717) is 10.9 Å². The number of nitrogens with two attached hydrogens (primary N) is 1. The number of nitrogens with zero attached hydrogens (tertiary/aromatic N) is 1. The highest BCUT2D eigenvalue weighted by atomic mass is 35.5. The van der Waals surface area contributed by atoms with Gasteiger partial charge in [0.25, 0.3) is 0 Å². The van der Waals surface area contributed by atoms with Crippen molar-refractivity contribution < 1.29 is 4.42 Å². The van der Waals surface area contributed by atoms with Gasteiger partial charge in [0, 0.05) is 11.1 Å². The molecule has 102 valence electrons. The van der Waals surface area contributed by atoms with E-state index < -0.39 is 5.54 Å². The highest BCUT2D eigenvalue weighted by molar-refractivity contribution is 6.31. The van der Waals surface area contributed by atoms with Crippen molar-refractivity contribution in [1.82, 2.24) is 4.98 Å². The molecular weight excluding hydrogens is 260 g/mol. The molecule has 1 aromatic carbocycles. The second kappa shape index (κ2) is 4.80. The molecule has 1 saturated carbocycles. The second-order valence-corrected chi connectivity index (χ2v) is 6.08. The van der Waals surface area contributed by atoms with Crippen LogP contribution in [0.1, 0.15) is 44.9 Å². The molecule has 0 spiro atoms. The maximum atomic E-state index is 6.51. The number of hydrogen-bond donors (Lipinski definition) is 1. The Bertz CT molecular complexity index is 585. The number of halogens is 1. The Labute approximate surface area is 118 Å². The van der Waals surface area contributed by atoms with E-state index in [-0.39, 0.29) is 0 Å². The monoisotopic (exact) mass is 278 g/mol. The molecule has 0 bridgehead atoms. The minimum atomic E-state index is -0.406. The van der Waals surface area contributed by atoms with Gasteiger partial charge in [-0.15, -0.1) is 0 Å². The van der Waals surface area contributed by atoms with Crippen LogP contribution in [0.4, 0.5) is 0 Å². The van der Waals surface area contributed by atoms with Crippen molar-refractivity contribution in [2.24, 2.45) is 11.7 Å². The van der Waals surface area contributed by atoms with E-state index in [0.717, 1.165) is 42.7 Å². The zero-order valence-electron chi connectivity index (χ0n) is 11.2. The van der Waals surface area contributed by atoms with Gasteiger partial charge in [-0.3, -0.25) is 0 Å². The van der Waals surface area contributed by atoms with Gasteiger partial charge in [-0.25, -0.2) is 4.98 Å². The molecule has 19 heavy (non-hydrogen) atoms. The van der Waals surface area contributed by atoms with Crippen molar-refractivity contribution in [2.45, 2.75) is 44.6 Å². The normalized spacial score (nSPS) is 27.8. The van der Waals surface area contributed by atoms with Crippen LogP contribution < -0.4 is 5.73 Å².